The Labute approximate surface area is 295 Å². The largest absolute Gasteiger partial charge is 0.455 e. The summed E-state index contributed by atoms with van der Waals surface area (Å²) in [5, 5.41) is 6.93. The minimum atomic E-state index is 0.567. The van der Waals surface area contributed by atoms with Crippen LogP contribution in [0.3, 0.4) is 0 Å². The summed E-state index contributed by atoms with van der Waals surface area (Å²) in [6, 6.07) is 54.9. The van der Waals surface area contributed by atoms with Crippen molar-refractivity contribution in [3.63, 3.8) is 0 Å². The van der Waals surface area contributed by atoms with Gasteiger partial charge in [0, 0.05) is 48.1 Å². The van der Waals surface area contributed by atoms with Gasteiger partial charge < -0.3 is 8.98 Å². The third kappa shape index (κ3) is 4.30. The highest BCUT2D eigenvalue weighted by atomic mass is 32.1. The highest BCUT2D eigenvalue weighted by Gasteiger charge is 2.21. The number of para-hydroxylation sites is 4. The molecule has 0 saturated heterocycles. The highest BCUT2D eigenvalue weighted by Crippen LogP contribution is 2.43. The van der Waals surface area contributed by atoms with Crippen molar-refractivity contribution in [2.24, 2.45) is 0 Å². The van der Waals surface area contributed by atoms with Crippen LogP contribution in [0.5, 0.6) is 0 Å². The van der Waals surface area contributed by atoms with Gasteiger partial charge in [-0.1, -0.05) is 115 Å². The Morgan fingerprint density at radius 2 is 1.06 bits per heavy atom. The maximum Gasteiger partial charge on any atom is 0.167 e. The number of rotatable bonds is 4. The normalized spacial score (nSPS) is 11.9. The molecule has 4 heterocycles. The van der Waals surface area contributed by atoms with Gasteiger partial charge in [0.1, 0.15) is 11.2 Å². The number of hydrogen-bond donors (Lipinski definition) is 0. The van der Waals surface area contributed by atoms with Gasteiger partial charge in [-0.25, -0.2) is 15.0 Å². The van der Waals surface area contributed by atoms with Crippen molar-refractivity contribution in [1.82, 2.24) is 19.5 Å². The highest BCUT2D eigenvalue weighted by molar-refractivity contribution is 7.26. The molecular formula is C45H26N4OS. The molecule has 0 radical (unpaired) electrons. The first-order chi connectivity index (χ1) is 25.3. The monoisotopic (exact) mass is 670 g/mol. The molecule has 0 amide bonds. The van der Waals surface area contributed by atoms with E-state index in [1.807, 2.05) is 65.9 Å². The second-order valence-corrected chi connectivity index (χ2v) is 13.8. The lowest BCUT2D eigenvalue weighted by Crippen LogP contribution is -2.01. The fraction of sp³-hybridized carbons (Fsp3) is 0. The number of fused-ring (bicyclic) bond motifs is 9. The summed E-state index contributed by atoms with van der Waals surface area (Å²) >= 11 is 1.82. The molecule has 0 aliphatic heterocycles. The third-order valence-corrected chi connectivity index (χ3v) is 11.1. The van der Waals surface area contributed by atoms with Crippen LogP contribution in [0.15, 0.2) is 162 Å². The van der Waals surface area contributed by atoms with Crippen molar-refractivity contribution >= 4 is 75.3 Å². The van der Waals surface area contributed by atoms with Gasteiger partial charge in [0.25, 0.3) is 0 Å². The number of thiophene rings is 1. The van der Waals surface area contributed by atoms with E-state index in [2.05, 4.69) is 108 Å². The van der Waals surface area contributed by atoms with E-state index in [0.717, 1.165) is 55.3 Å². The molecule has 11 rings (SSSR count). The smallest absolute Gasteiger partial charge is 0.167 e. The summed E-state index contributed by atoms with van der Waals surface area (Å²) in [5.74, 6) is 1.78. The van der Waals surface area contributed by atoms with E-state index < -0.39 is 0 Å². The van der Waals surface area contributed by atoms with E-state index in [4.69, 9.17) is 19.4 Å². The lowest BCUT2D eigenvalue weighted by atomic mass is 10.1. The van der Waals surface area contributed by atoms with Crippen LogP contribution in [-0.4, -0.2) is 19.5 Å². The number of benzene rings is 7. The summed E-state index contributed by atoms with van der Waals surface area (Å²) in [4.78, 5) is 15.5. The van der Waals surface area contributed by atoms with Crippen molar-refractivity contribution in [3.8, 4) is 39.9 Å². The van der Waals surface area contributed by atoms with Crippen LogP contribution >= 0.6 is 11.3 Å². The molecule has 238 valence electrons. The van der Waals surface area contributed by atoms with Crippen LogP contribution in [0.25, 0.3) is 104 Å². The van der Waals surface area contributed by atoms with Crippen LogP contribution < -0.4 is 0 Å². The molecule has 7 aromatic carbocycles. The lowest BCUT2D eigenvalue weighted by molar-refractivity contribution is 0.669. The fourth-order valence-corrected chi connectivity index (χ4v) is 8.74. The van der Waals surface area contributed by atoms with E-state index in [-0.39, 0.29) is 0 Å². The molecule has 5 nitrogen and oxygen atoms in total. The third-order valence-electron chi connectivity index (χ3n) is 9.85. The van der Waals surface area contributed by atoms with Crippen LogP contribution in [0.2, 0.25) is 0 Å². The van der Waals surface area contributed by atoms with Crippen LogP contribution in [0, 0.1) is 0 Å². The van der Waals surface area contributed by atoms with Crippen molar-refractivity contribution in [3.05, 3.63) is 158 Å². The van der Waals surface area contributed by atoms with Gasteiger partial charge in [-0.05, 0) is 42.5 Å². The molecule has 0 saturated carbocycles. The van der Waals surface area contributed by atoms with Gasteiger partial charge in [-0.3, -0.25) is 0 Å². The van der Waals surface area contributed by atoms with Crippen molar-refractivity contribution in [2.75, 3.05) is 0 Å². The van der Waals surface area contributed by atoms with Gasteiger partial charge in [0.2, 0.25) is 0 Å². The predicted octanol–water partition coefficient (Wildman–Crippen LogP) is 12.2. The number of furan rings is 1. The second kappa shape index (κ2) is 10.9. The van der Waals surface area contributed by atoms with Crippen molar-refractivity contribution in [2.45, 2.75) is 0 Å². The first-order valence-electron chi connectivity index (χ1n) is 16.9. The minimum Gasteiger partial charge on any atom is -0.455 e. The Morgan fingerprint density at radius 3 is 1.84 bits per heavy atom. The summed E-state index contributed by atoms with van der Waals surface area (Å²) in [6.45, 7) is 0. The van der Waals surface area contributed by atoms with E-state index in [9.17, 15) is 0 Å². The zero-order valence-electron chi connectivity index (χ0n) is 27.1. The summed E-state index contributed by atoms with van der Waals surface area (Å²) in [5.41, 5.74) is 7.69. The molecule has 6 heteroatoms. The predicted molar refractivity (Wildman–Crippen MR) is 211 cm³/mol. The molecule has 0 fully saturated rings. The lowest BCUT2D eigenvalue weighted by Gasteiger charge is -2.13. The van der Waals surface area contributed by atoms with Crippen LogP contribution in [0.4, 0.5) is 0 Å². The Hall–Kier alpha value is -6.63. The molecule has 51 heavy (non-hydrogen) atoms. The maximum atomic E-state index is 6.47. The molecular weight excluding hydrogens is 645 g/mol. The molecule has 0 unspecified atom stereocenters. The van der Waals surface area contributed by atoms with E-state index in [0.29, 0.717) is 17.5 Å². The average Bonchev–Trinajstić information content (AvgIpc) is 3.87. The zero-order chi connectivity index (χ0) is 33.5. The standard InChI is InChI=1S/C45H26N4OS/c1-2-13-27(14-3-1)43-46-44(48-45(47-43)34-20-12-19-33-31-17-6-10-23-39(31)50-41(33)34)28-25-35-32-18-7-11-24-40(32)51-42(35)38(26-28)49-36-21-8-4-15-29(36)30-16-5-9-22-37(30)49/h1-26H. The van der Waals surface area contributed by atoms with Gasteiger partial charge in [-0.2, -0.15) is 0 Å². The first kappa shape index (κ1) is 28.2. The van der Waals surface area contributed by atoms with Gasteiger partial charge >= 0.3 is 0 Å². The van der Waals surface area contributed by atoms with E-state index in [1.165, 1.54) is 30.9 Å². The van der Waals surface area contributed by atoms with Gasteiger partial charge in [0.05, 0.1) is 27.0 Å². The quantitative estimate of drug-likeness (QED) is 0.187. The first-order valence-corrected chi connectivity index (χ1v) is 17.8. The molecule has 0 aliphatic rings. The van der Waals surface area contributed by atoms with Crippen molar-refractivity contribution in [1.29, 1.82) is 0 Å². The maximum absolute atomic E-state index is 6.47. The van der Waals surface area contributed by atoms with E-state index in [1.54, 1.807) is 0 Å². The van der Waals surface area contributed by atoms with Crippen LogP contribution in [0.1, 0.15) is 0 Å². The van der Waals surface area contributed by atoms with Gasteiger partial charge in [-0.15, -0.1) is 11.3 Å². The molecule has 0 N–H and O–H groups in total. The Balaban J connectivity index is 1.23. The zero-order valence-corrected chi connectivity index (χ0v) is 27.9. The van der Waals surface area contributed by atoms with Crippen molar-refractivity contribution < 1.29 is 4.42 Å². The summed E-state index contributed by atoms with van der Waals surface area (Å²) in [7, 11) is 0. The van der Waals surface area contributed by atoms with Crippen LogP contribution in [-0.2, 0) is 0 Å². The number of hydrogen-bond acceptors (Lipinski definition) is 5. The number of aromatic nitrogens is 4. The van der Waals surface area contributed by atoms with E-state index >= 15 is 0 Å². The number of nitrogens with zero attached hydrogens (tertiary/aromatic N) is 4. The average molecular weight is 671 g/mol. The Kier molecular flexibility index (Phi) is 6.05. The fourth-order valence-electron chi connectivity index (χ4n) is 7.55. The van der Waals surface area contributed by atoms with Gasteiger partial charge in [0.15, 0.2) is 17.5 Å². The molecule has 0 aliphatic carbocycles. The Bertz CT molecular complexity index is 3100. The Morgan fingerprint density at radius 1 is 0.451 bits per heavy atom. The summed E-state index contributed by atoms with van der Waals surface area (Å²) in [6.07, 6.45) is 0. The summed E-state index contributed by atoms with van der Waals surface area (Å²) < 4.78 is 11.3. The molecule has 11 aromatic rings. The molecule has 0 spiro atoms. The molecule has 4 aromatic heterocycles. The molecule has 0 bridgehead atoms. The molecule has 0 atom stereocenters. The second-order valence-electron chi connectivity index (χ2n) is 12.8. The SMILES string of the molecule is c1ccc(-c2nc(-c3cc(-n4c5ccccc5c5ccccc54)c4sc5ccccc5c4c3)nc(-c3cccc4c3oc3ccccc34)n2)cc1. The minimum absolute atomic E-state index is 0.567. The topological polar surface area (TPSA) is 56.7 Å².